The van der Waals surface area contributed by atoms with Gasteiger partial charge in [-0.15, -0.1) is 0 Å². The number of benzene rings is 1. The Labute approximate surface area is 96.8 Å². The van der Waals surface area contributed by atoms with Crippen molar-refractivity contribution in [2.24, 2.45) is 0 Å². The Morgan fingerprint density at radius 2 is 1.71 bits per heavy atom. The third kappa shape index (κ3) is 3.84. The molecule has 96 valence electrons. The molecule has 0 aromatic heterocycles. The lowest BCUT2D eigenvalue weighted by Crippen LogP contribution is -2.25. The minimum absolute atomic E-state index is 0.0688. The minimum atomic E-state index is -1.98. The molecule has 17 heavy (non-hydrogen) atoms. The molecule has 0 aliphatic rings. The van der Waals surface area contributed by atoms with Crippen LogP contribution in [-0.2, 0) is 4.74 Å². The summed E-state index contributed by atoms with van der Waals surface area (Å²) in [6, 6.07) is 3.45. The van der Waals surface area contributed by atoms with Crippen molar-refractivity contribution < 1.29 is 35.4 Å². The van der Waals surface area contributed by atoms with Crippen LogP contribution in [0.3, 0.4) is 0 Å². The summed E-state index contributed by atoms with van der Waals surface area (Å²) in [5, 5.41) is 54.1. The first-order valence-corrected chi connectivity index (χ1v) is 4.77. The number of rotatable bonds is 5. The predicted octanol–water partition coefficient (Wildman–Crippen LogP) is -1.22. The number of hydrogen-bond acceptors (Lipinski definition) is 7. The summed E-state index contributed by atoms with van der Waals surface area (Å²) >= 11 is 0. The van der Waals surface area contributed by atoms with Crippen LogP contribution >= 0.6 is 0 Å². The zero-order valence-corrected chi connectivity index (χ0v) is 8.76. The van der Waals surface area contributed by atoms with Crippen LogP contribution in [0.25, 0.3) is 0 Å². The Morgan fingerprint density at radius 1 is 1.06 bits per heavy atom. The van der Waals surface area contributed by atoms with Gasteiger partial charge in [0.2, 0.25) is 0 Å². The van der Waals surface area contributed by atoms with Crippen LogP contribution in [0.5, 0.6) is 11.5 Å². The van der Waals surface area contributed by atoms with Gasteiger partial charge in [0, 0.05) is 5.56 Å². The quantitative estimate of drug-likeness (QED) is 0.283. The molecule has 1 atom stereocenters. The fourth-order valence-electron chi connectivity index (χ4n) is 1.30. The van der Waals surface area contributed by atoms with Gasteiger partial charge in [0.15, 0.2) is 12.6 Å². The average Bonchev–Trinajstić information content (AvgIpc) is 2.22. The molecule has 6 N–H and O–H groups in total. The number of aromatic hydroxyl groups is 2. The predicted molar refractivity (Wildman–Crippen MR) is 54.9 cm³/mol. The molecule has 0 aliphatic heterocycles. The van der Waals surface area contributed by atoms with E-state index in [9.17, 15) is 10.2 Å². The second-order valence-electron chi connectivity index (χ2n) is 3.39. The number of aliphatic hydroxyl groups excluding tert-OH is 2. The van der Waals surface area contributed by atoms with Gasteiger partial charge in [0.05, 0.1) is 6.61 Å². The third-order valence-electron chi connectivity index (χ3n) is 2.01. The fraction of sp³-hybridized carbons (Fsp3) is 0.400. The average molecular weight is 246 g/mol. The van der Waals surface area contributed by atoms with Crippen molar-refractivity contribution in [1.82, 2.24) is 0 Å². The Kier molecular flexibility index (Phi) is 4.67. The van der Waals surface area contributed by atoms with Crippen molar-refractivity contribution in [1.29, 1.82) is 0 Å². The van der Waals surface area contributed by atoms with E-state index in [0.29, 0.717) is 0 Å². The number of phenols is 2. The second-order valence-corrected chi connectivity index (χ2v) is 3.39. The highest BCUT2D eigenvalue weighted by Gasteiger charge is 2.24. The number of phenolic OH excluding ortho intramolecular Hbond substituents is 2. The molecule has 0 spiro atoms. The van der Waals surface area contributed by atoms with E-state index in [4.69, 9.17) is 25.2 Å². The highest BCUT2D eigenvalue weighted by molar-refractivity contribution is 5.40. The Bertz CT molecular complexity index is 364. The molecule has 1 rings (SSSR count). The molecule has 0 fully saturated rings. The topological polar surface area (TPSA) is 131 Å². The maximum Gasteiger partial charge on any atom is 0.182 e. The Morgan fingerprint density at radius 3 is 2.24 bits per heavy atom. The number of ether oxygens (including phenoxy) is 1. The van der Waals surface area contributed by atoms with Crippen LogP contribution in [0.4, 0.5) is 0 Å². The van der Waals surface area contributed by atoms with Gasteiger partial charge >= 0.3 is 0 Å². The summed E-state index contributed by atoms with van der Waals surface area (Å²) in [4.78, 5) is 0. The Balaban J connectivity index is 2.92. The van der Waals surface area contributed by atoms with Gasteiger partial charge in [0.1, 0.15) is 17.6 Å². The Hall–Kier alpha value is -1.38. The summed E-state index contributed by atoms with van der Waals surface area (Å²) in [5.74, 6) is -0.509. The van der Waals surface area contributed by atoms with Crippen molar-refractivity contribution in [3.63, 3.8) is 0 Å². The molecule has 7 heteroatoms. The van der Waals surface area contributed by atoms with Crippen LogP contribution in [0.2, 0.25) is 0 Å². The maximum atomic E-state index is 9.48. The van der Waals surface area contributed by atoms with Crippen LogP contribution in [0.15, 0.2) is 18.2 Å². The van der Waals surface area contributed by atoms with E-state index in [0.717, 1.165) is 12.1 Å². The van der Waals surface area contributed by atoms with Crippen molar-refractivity contribution in [2.75, 3.05) is 6.61 Å². The van der Waals surface area contributed by atoms with E-state index in [1.54, 1.807) is 0 Å². The summed E-state index contributed by atoms with van der Waals surface area (Å²) in [5.41, 5.74) is -0.0688. The zero-order valence-electron chi connectivity index (χ0n) is 8.76. The van der Waals surface area contributed by atoms with Crippen molar-refractivity contribution >= 4 is 0 Å². The highest BCUT2D eigenvalue weighted by Crippen LogP contribution is 2.31. The normalized spacial score (nSPS) is 13.3. The van der Waals surface area contributed by atoms with E-state index < -0.39 is 25.3 Å². The largest absolute Gasteiger partial charge is 0.508 e. The van der Waals surface area contributed by atoms with Crippen LogP contribution in [0, 0.1) is 0 Å². The number of hydrogen-bond donors (Lipinski definition) is 6. The van der Waals surface area contributed by atoms with Gasteiger partial charge in [-0.25, -0.2) is 0 Å². The van der Waals surface area contributed by atoms with Gasteiger partial charge in [0.25, 0.3) is 0 Å². The third-order valence-corrected chi connectivity index (χ3v) is 2.01. The molecular weight excluding hydrogens is 232 g/mol. The minimum Gasteiger partial charge on any atom is -0.508 e. The standard InChI is InChI=1S/C10H14O7/c11-5-1-2-7(12)6(3-5)9(10(15)16)17-4-8(13)14/h1-3,8-16H,4H2. The SMILES string of the molecule is Oc1ccc(O)c(C(OCC(O)O)C(O)O)c1. The summed E-state index contributed by atoms with van der Waals surface area (Å²) < 4.78 is 4.82. The van der Waals surface area contributed by atoms with E-state index in [-0.39, 0.29) is 17.1 Å². The van der Waals surface area contributed by atoms with Gasteiger partial charge in [-0.1, -0.05) is 0 Å². The monoisotopic (exact) mass is 246 g/mol. The molecule has 7 nitrogen and oxygen atoms in total. The van der Waals surface area contributed by atoms with E-state index >= 15 is 0 Å². The van der Waals surface area contributed by atoms with Crippen LogP contribution < -0.4 is 0 Å². The summed E-state index contributed by atoms with van der Waals surface area (Å²) in [6.07, 6.45) is -5.17. The van der Waals surface area contributed by atoms with Gasteiger partial charge in [-0.2, -0.15) is 0 Å². The summed E-state index contributed by atoms with van der Waals surface area (Å²) in [6.45, 7) is -0.572. The van der Waals surface area contributed by atoms with Gasteiger partial charge in [-0.3, -0.25) is 0 Å². The highest BCUT2D eigenvalue weighted by atomic mass is 16.6. The summed E-state index contributed by atoms with van der Waals surface area (Å²) in [7, 11) is 0. The molecule has 0 saturated carbocycles. The van der Waals surface area contributed by atoms with Gasteiger partial charge in [-0.05, 0) is 18.2 Å². The molecule has 1 aromatic rings. The lowest BCUT2D eigenvalue weighted by atomic mass is 10.1. The van der Waals surface area contributed by atoms with Crippen molar-refractivity contribution in [3.05, 3.63) is 23.8 Å². The van der Waals surface area contributed by atoms with Crippen molar-refractivity contribution in [2.45, 2.75) is 18.7 Å². The van der Waals surface area contributed by atoms with Crippen molar-refractivity contribution in [3.8, 4) is 11.5 Å². The van der Waals surface area contributed by atoms with Crippen LogP contribution in [0.1, 0.15) is 11.7 Å². The molecular formula is C10H14O7. The molecule has 1 aromatic carbocycles. The number of aliphatic hydroxyl groups is 4. The van der Waals surface area contributed by atoms with E-state index in [2.05, 4.69) is 0 Å². The van der Waals surface area contributed by atoms with Crippen LogP contribution in [-0.4, -0.2) is 49.8 Å². The van der Waals surface area contributed by atoms with E-state index in [1.165, 1.54) is 6.07 Å². The lowest BCUT2D eigenvalue weighted by molar-refractivity contribution is -0.181. The molecule has 0 bridgehead atoms. The molecule has 0 radical (unpaired) electrons. The van der Waals surface area contributed by atoms with E-state index in [1.807, 2.05) is 0 Å². The zero-order chi connectivity index (χ0) is 13.0. The molecule has 0 heterocycles. The first-order valence-electron chi connectivity index (χ1n) is 4.77. The molecule has 1 unspecified atom stereocenters. The van der Waals surface area contributed by atoms with Gasteiger partial charge < -0.3 is 35.4 Å². The second kappa shape index (κ2) is 5.80. The molecule has 0 amide bonds. The first kappa shape index (κ1) is 13.7. The smallest absolute Gasteiger partial charge is 0.182 e. The maximum absolute atomic E-state index is 9.48. The molecule has 0 aliphatic carbocycles. The fourth-order valence-corrected chi connectivity index (χ4v) is 1.30. The lowest BCUT2D eigenvalue weighted by Gasteiger charge is -2.21. The first-order chi connectivity index (χ1) is 7.91. The molecule has 0 saturated heterocycles.